The van der Waals surface area contributed by atoms with Crippen molar-refractivity contribution in [1.29, 1.82) is 0 Å². The zero-order chi connectivity index (χ0) is 21.1. The van der Waals surface area contributed by atoms with Gasteiger partial charge in [-0.3, -0.25) is 0 Å². The van der Waals surface area contributed by atoms with Gasteiger partial charge in [0.1, 0.15) is 10.3 Å². The van der Waals surface area contributed by atoms with Crippen molar-refractivity contribution in [2.45, 2.75) is 40.2 Å². The third-order valence-corrected chi connectivity index (χ3v) is 3.41. The zero-order valence-electron chi connectivity index (χ0n) is 16.9. The minimum Gasteiger partial charge on any atom is -0.384 e. The van der Waals surface area contributed by atoms with Gasteiger partial charge in [0.2, 0.25) is 0 Å². The predicted octanol–water partition coefficient (Wildman–Crippen LogP) is 5.44. The smallest absolute Gasteiger partial charge is 0.121 e. The molecule has 152 valence electrons. The molecule has 0 bridgehead atoms. The van der Waals surface area contributed by atoms with Crippen molar-refractivity contribution in [2.24, 2.45) is 4.99 Å². The van der Waals surface area contributed by atoms with Gasteiger partial charge in [-0.15, -0.1) is 13.2 Å². The molecule has 1 heterocycles. The molecule has 0 atom stereocenters. The van der Waals surface area contributed by atoms with Crippen LogP contribution in [0.5, 0.6) is 0 Å². The van der Waals surface area contributed by atoms with E-state index in [4.69, 9.17) is 23.2 Å². The molecule has 1 aromatic heterocycles. The van der Waals surface area contributed by atoms with E-state index >= 15 is 0 Å². The van der Waals surface area contributed by atoms with Gasteiger partial charge in [-0.2, -0.15) is 0 Å². The number of aromatic nitrogens is 2. The van der Waals surface area contributed by atoms with Crippen molar-refractivity contribution in [3.05, 3.63) is 66.6 Å². The molecule has 0 radical (unpaired) electrons. The number of rotatable bonds is 9. The Bertz CT molecular complexity index is 586. The molecule has 0 fully saturated rings. The van der Waals surface area contributed by atoms with E-state index in [0.717, 1.165) is 43.2 Å². The average Bonchev–Trinajstić information content (AvgIpc) is 3.18. The van der Waals surface area contributed by atoms with Gasteiger partial charge in [-0.05, 0) is 32.8 Å². The van der Waals surface area contributed by atoms with Crippen molar-refractivity contribution >= 4 is 28.9 Å². The number of hydrogen-bond donors (Lipinski definition) is 2. The van der Waals surface area contributed by atoms with Crippen LogP contribution < -0.4 is 10.6 Å². The van der Waals surface area contributed by atoms with Crippen molar-refractivity contribution in [3.63, 3.8) is 0 Å². The highest BCUT2D eigenvalue weighted by Crippen LogP contribution is 2.05. The molecule has 1 aromatic rings. The molecule has 2 N–H and O–H groups in total. The van der Waals surface area contributed by atoms with E-state index in [1.807, 2.05) is 46.4 Å². The van der Waals surface area contributed by atoms with Crippen LogP contribution >= 0.6 is 23.2 Å². The third kappa shape index (κ3) is 16.0. The van der Waals surface area contributed by atoms with Crippen molar-refractivity contribution in [3.8, 4) is 0 Å². The summed E-state index contributed by atoms with van der Waals surface area (Å²) in [4.78, 5) is 8.44. The van der Waals surface area contributed by atoms with Crippen LogP contribution in [0.25, 0.3) is 0 Å². The molecule has 0 aliphatic rings. The van der Waals surface area contributed by atoms with Crippen molar-refractivity contribution in [2.75, 3.05) is 13.6 Å². The molecular formula is C20H33Cl2N5. The van der Waals surface area contributed by atoms with Crippen LogP contribution in [0.2, 0.25) is 0 Å². The molecule has 0 spiro atoms. The fraction of sp³-hybridized carbons (Fsp3) is 0.400. The van der Waals surface area contributed by atoms with Crippen molar-refractivity contribution < 1.29 is 0 Å². The number of halogens is 2. The van der Waals surface area contributed by atoms with Crippen LogP contribution in [0.4, 0.5) is 0 Å². The maximum atomic E-state index is 5.20. The summed E-state index contributed by atoms with van der Waals surface area (Å²) in [5.74, 6) is 0.846. The van der Waals surface area contributed by atoms with Gasteiger partial charge >= 0.3 is 0 Å². The van der Waals surface area contributed by atoms with Crippen LogP contribution in [0, 0.1) is 0 Å². The Morgan fingerprint density at radius 3 is 2.41 bits per heavy atom. The molecule has 5 nitrogen and oxygen atoms in total. The maximum absolute atomic E-state index is 5.20. The fourth-order valence-corrected chi connectivity index (χ4v) is 2.02. The lowest BCUT2D eigenvalue weighted by Gasteiger charge is -2.10. The molecule has 0 aliphatic heterocycles. The lowest BCUT2D eigenvalue weighted by Crippen LogP contribution is -2.21. The second kappa shape index (κ2) is 18.8. The Kier molecular flexibility index (Phi) is 19.0. The Hall–Kier alpha value is -1.98. The maximum Gasteiger partial charge on any atom is 0.121 e. The van der Waals surface area contributed by atoms with Crippen LogP contribution in [0.1, 0.15) is 33.6 Å². The van der Waals surface area contributed by atoms with Gasteiger partial charge in [0, 0.05) is 38.2 Å². The number of nitrogens with zero attached hydrogens (tertiary/aromatic N) is 3. The van der Waals surface area contributed by atoms with E-state index < -0.39 is 0 Å². The first-order valence-electron chi connectivity index (χ1n) is 8.73. The largest absolute Gasteiger partial charge is 0.384 e. The monoisotopic (exact) mass is 413 g/mol. The first-order valence-corrected chi connectivity index (χ1v) is 9.49. The van der Waals surface area contributed by atoms with Crippen molar-refractivity contribution in [1.82, 2.24) is 20.2 Å². The first kappa shape index (κ1) is 27.2. The molecular weight excluding hydrogens is 381 g/mol. The highest BCUT2D eigenvalue weighted by Gasteiger charge is 1.99. The first-order chi connectivity index (χ1) is 12.9. The van der Waals surface area contributed by atoms with Gasteiger partial charge < -0.3 is 15.2 Å². The quantitative estimate of drug-likeness (QED) is 0.322. The lowest BCUT2D eigenvalue weighted by molar-refractivity contribution is 0.619. The molecule has 0 unspecified atom stereocenters. The van der Waals surface area contributed by atoms with E-state index in [9.17, 15) is 0 Å². The molecule has 0 saturated heterocycles. The molecule has 0 saturated carbocycles. The van der Waals surface area contributed by atoms with Crippen LogP contribution in [0.3, 0.4) is 0 Å². The van der Waals surface area contributed by atoms with E-state index in [-0.39, 0.29) is 0 Å². The fourth-order valence-electron chi connectivity index (χ4n) is 1.72. The molecule has 1 rings (SSSR count). The Balaban J connectivity index is 0. The minimum atomic E-state index is 0.359. The lowest BCUT2D eigenvalue weighted by atomic mass is 10.3. The molecule has 0 aromatic carbocycles. The minimum absolute atomic E-state index is 0.359. The Morgan fingerprint density at radius 1 is 1.33 bits per heavy atom. The van der Waals surface area contributed by atoms with Crippen LogP contribution in [-0.4, -0.2) is 28.9 Å². The van der Waals surface area contributed by atoms with Gasteiger partial charge in [-0.25, -0.2) is 9.98 Å². The second-order valence-corrected chi connectivity index (χ2v) is 6.09. The average molecular weight is 414 g/mol. The van der Waals surface area contributed by atoms with E-state index in [1.54, 1.807) is 12.3 Å². The summed E-state index contributed by atoms with van der Waals surface area (Å²) in [5.41, 5.74) is 1.75. The topological polar surface area (TPSA) is 54.2 Å². The van der Waals surface area contributed by atoms with E-state index in [1.165, 1.54) is 0 Å². The van der Waals surface area contributed by atoms with Gasteiger partial charge in [0.15, 0.2) is 0 Å². The predicted molar refractivity (Wildman–Crippen MR) is 121 cm³/mol. The number of allylic oxidation sites excluding steroid dienone is 3. The van der Waals surface area contributed by atoms with Gasteiger partial charge in [0.05, 0.1) is 12.0 Å². The number of aliphatic imine (C=N–C) groups is 1. The van der Waals surface area contributed by atoms with E-state index in [2.05, 4.69) is 44.9 Å². The summed E-state index contributed by atoms with van der Waals surface area (Å²) >= 11 is 10.4. The summed E-state index contributed by atoms with van der Waals surface area (Å²) < 4.78 is 2.42. The summed E-state index contributed by atoms with van der Waals surface area (Å²) in [6.45, 7) is 17.7. The zero-order valence-corrected chi connectivity index (χ0v) is 18.4. The Labute approximate surface area is 174 Å². The van der Waals surface area contributed by atoms with Gasteiger partial charge in [0.25, 0.3) is 0 Å². The van der Waals surface area contributed by atoms with E-state index in [0.29, 0.717) is 4.49 Å². The molecule has 27 heavy (non-hydrogen) atoms. The molecule has 0 amide bonds. The summed E-state index contributed by atoms with van der Waals surface area (Å²) in [7, 11) is 1.85. The number of imidazole rings is 1. The summed E-state index contributed by atoms with van der Waals surface area (Å²) in [6, 6.07) is 0. The second-order valence-electron chi connectivity index (χ2n) is 5.08. The Morgan fingerprint density at radius 2 is 2.00 bits per heavy atom. The van der Waals surface area contributed by atoms with Crippen LogP contribution in [0.15, 0.2) is 71.6 Å². The number of nitrogens with one attached hydrogen (secondary N) is 2. The third-order valence-electron chi connectivity index (χ3n) is 3.10. The molecule has 0 aliphatic carbocycles. The van der Waals surface area contributed by atoms with Gasteiger partial charge in [-0.1, -0.05) is 42.8 Å². The summed E-state index contributed by atoms with van der Waals surface area (Å²) in [5, 5.41) is 6.30. The standard InChI is InChI=1S/C14H23N5.C4H6Cl2.C2H4/c1-5-14(15-4)18-13(3)12(2)17-7-6-9-19-10-8-16-11-19;1-2-3-4(5)6;1-2/h5,8,10-11,15,17H,2,6-7,9H2,1,3-4H3;3H,2H2,1H3;1-2H2/b14-5-,18-13+;;. The number of aryl methyl sites for hydroxylation is 1. The molecule has 7 heteroatoms. The normalized spacial score (nSPS) is 10.6. The highest BCUT2D eigenvalue weighted by molar-refractivity contribution is 6.55. The summed E-state index contributed by atoms with van der Waals surface area (Å²) in [6.07, 6.45) is 11.2. The number of hydrogen-bond acceptors (Lipinski definition) is 4. The van der Waals surface area contributed by atoms with Crippen LogP contribution in [-0.2, 0) is 6.54 Å². The highest BCUT2D eigenvalue weighted by atomic mass is 35.5. The SMILES string of the molecule is C=C.C=C(NCCCn1ccnc1)/C(C)=N/C(=C\C)NC.CCC=C(Cl)Cl.